The van der Waals surface area contributed by atoms with Crippen molar-refractivity contribution >= 4 is 11.5 Å². The normalized spacial score (nSPS) is 22.6. The van der Waals surface area contributed by atoms with Gasteiger partial charge in [-0.15, -0.1) is 0 Å². The summed E-state index contributed by atoms with van der Waals surface area (Å²) in [5.41, 5.74) is -3.17. The van der Waals surface area contributed by atoms with E-state index < -0.39 is 46.8 Å². The zero-order valence-electron chi connectivity index (χ0n) is 15.2. The molecule has 0 fully saturated rings. The van der Waals surface area contributed by atoms with Crippen molar-refractivity contribution in [1.29, 1.82) is 0 Å². The van der Waals surface area contributed by atoms with Gasteiger partial charge in [0.1, 0.15) is 0 Å². The molecule has 4 nitrogen and oxygen atoms in total. The summed E-state index contributed by atoms with van der Waals surface area (Å²) in [5, 5.41) is 0. The minimum atomic E-state index is -4.83. The van der Waals surface area contributed by atoms with Gasteiger partial charge in [-0.05, 0) is 32.4 Å². The van der Waals surface area contributed by atoms with Crippen LogP contribution in [0.1, 0.15) is 32.8 Å². The van der Waals surface area contributed by atoms with Gasteiger partial charge >= 0.3 is 12.1 Å². The number of hydrogen-bond acceptors (Lipinski definition) is 4. The van der Waals surface area contributed by atoms with Crippen LogP contribution in [0.4, 0.5) is 22.0 Å². The summed E-state index contributed by atoms with van der Waals surface area (Å²) in [7, 11) is 1.05. The van der Waals surface area contributed by atoms with E-state index >= 15 is 0 Å². The average molecular weight is 394 g/mol. The number of methoxy groups -OCH3 is 1. The molecule has 0 radical (unpaired) electrons. The van der Waals surface area contributed by atoms with Crippen LogP contribution >= 0.6 is 0 Å². The zero-order valence-corrected chi connectivity index (χ0v) is 15.2. The van der Waals surface area contributed by atoms with Crippen LogP contribution in [0.2, 0.25) is 0 Å². The van der Waals surface area contributed by atoms with Gasteiger partial charge in [0.15, 0.2) is 11.6 Å². The number of ether oxygens (including phenoxy) is 3. The van der Waals surface area contributed by atoms with E-state index in [2.05, 4.69) is 0 Å². The van der Waals surface area contributed by atoms with E-state index in [1.807, 2.05) is 0 Å². The van der Waals surface area contributed by atoms with Gasteiger partial charge in [-0.3, -0.25) is 0 Å². The molecule has 0 amide bonds. The van der Waals surface area contributed by atoms with E-state index in [-0.39, 0.29) is 24.2 Å². The fraction of sp³-hybridized carbons (Fsp3) is 0.500. The lowest BCUT2D eigenvalue weighted by Gasteiger charge is -2.33. The summed E-state index contributed by atoms with van der Waals surface area (Å²) in [6.07, 6.45) is -4.92. The van der Waals surface area contributed by atoms with Crippen molar-refractivity contribution < 1.29 is 41.0 Å². The van der Waals surface area contributed by atoms with E-state index in [0.717, 1.165) is 26.2 Å². The summed E-state index contributed by atoms with van der Waals surface area (Å²) < 4.78 is 83.7. The van der Waals surface area contributed by atoms with Gasteiger partial charge in [0.2, 0.25) is 17.2 Å². The molecule has 0 N–H and O–H groups in total. The molecule has 2 rings (SSSR count). The van der Waals surface area contributed by atoms with Crippen molar-refractivity contribution in [2.24, 2.45) is 5.92 Å². The highest BCUT2D eigenvalue weighted by Gasteiger charge is 2.64. The molecule has 1 aromatic carbocycles. The smallest absolute Gasteiger partial charge is 0.428 e. The second-order valence-electron chi connectivity index (χ2n) is 6.07. The molecule has 0 saturated carbocycles. The Kier molecular flexibility index (Phi) is 5.72. The molecule has 2 atom stereocenters. The number of hydrogen-bond donors (Lipinski definition) is 0. The summed E-state index contributed by atoms with van der Waals surface area (Å²) in [4.78, 5) is 12.3. The van der Waals surface area contributed by atoms with E-state index in [9.17, 15) is 26.7 Å². The topological polar surface area (TPSA) is 44.8 Å². The monoisotopic (exact) mass is 394 g/mol. The van der Waals surface area contributed by atoms with Crippen molar-refractivity contribution in [1.82, 2.24) is 0 Å². The Bertz CT molecular complexity index is 772. The predicted molar refractivity (Wildman–Crippen MR) is 85.8 cm³/mol. The fourth-order valence-corrected chi connectivity index (χ4v) is 3.22. The number of halogens is 5. The van der Waals surface area contributed by atoms with E-state index in [1.54, 1.807) is 0 Å². The maximum absolute atomic E-state index is 14.1. The van der Waals surface area contributed by atoms with Gasteiger partial charge in [0.25, 0.3) is 0 Å². The first-order chi connectivity index (χ1) is 12.5. The second-order valence-corrected chi connectivity index (χ2v) is 6.07. The van der Waals surface area contributed by atoms with Crippen molar-refractivity contribution in [3.05, 3.63) is 35.1 Å². The third kappa shape index (κ3) is 3.35. The molecule has 0 unspecified atom stereocenters. The van der Waals surface area contributed by atoms with Crippen LogP contribution in [0, 0.1) is 17.6 Å². The van der Waals surface area contributed by atoms with Gasteiger partial charge in [0, 0.05) is 17.1 Å². The summed E-state index contributed by atoms with van der Waals surface area (Å²) >= 11 is 0. The zero-order chi connectivity index (χ0) is 20.6. The van der Waals surface area contributed by atoms with Crippen molar-refractivity contribution in [3.8, 4) is 5.75 Å². The van der Waals surface area contributed by atoms with Crippen LogP contribution in [0.3, 0.4) is 0 Å². The number of alkyl halides is 3. The largest absolute Gasteiger partial charge is 0.493 e. The standard InChI is InChI=1S/C18H19F5O4/c1-5-10-12(9-7-8-11(19)13(20)14(9)25-4)15(16(24)26-6-2)27-17(10,3)18(21,22)23/h7-8,10H,5-6H2,1-4H3/t10-,17+/m0/s1. The van der Waals surface area contributed by atoms with Crippen LogP contribution in [0.15, 0.2) is 17.9 Å². The van der Waals surface area contributed by atoms with Crippen molar-refractivity contribution in [2.75, 3.05) is 13.7 Å². The Morgan fingerprint density at radius 3 is 2.37 bits per heavy atom. The number of benzene rings is 1. The maximum atomic E-state index is 14.1. The Morgan fingerprint density at radius 1 is 1.26 bits per heavy atom. The van der Waals surface area contributed by atoms with Crippen LogP contribution in [-0.4, -0.2) is 31.5 Å². The molecule has 1 heterocycles. The molecular weight excluding hydrogens is 375 g/mol. The van der Waals surface area contributed by atoms with Gasteiger partial charge in [0.05, 0.1) is 13.7 Å². The summed E-state index contributed by atoms with van der Waals surface area (Å²) in [6.45, 7) is 3.65. The van der Waals surface area contributed by atoms with Crippen molar-refractivity contribution in [3.63, 3.8) is 0 Å². The molecule has 0 aromatic heterocycles. The van der Waals surface area contributed by atoms with Crippen LogP contribution in [0.25, 0.3) is 5.57 Å². The number of rotatable bonds is 5. The molecule has 0 bridgehead atoms. The van der Waals surface area contributed by atoms with Crippen LogP contribution in [0.5, 0.6) is 5.75 Å². The molecule has 1 aliphatic heterocycles. The second kappa shape index (κ2) is 7.36. The third-order valence-corrected chi connectivity index (χ3v) is 4.55. The highest BCUT2D eigenvalue weighted by Crippen LogP contribution is 2.55. The van der Waals surface area contributed by atoms with Crippen molar-refractivity contribution in [2.45, 2.75) is 39.0 Å². The van der Waals surface area contributed by atoms with E-state index in [1.165, 1.54) is 13.8 Å². The van der Waals surface area contributed by atoms with Gasteiger partial charge in [-0.2, -0.15) is 17.6 Å². The van der Waals surface area contributed by atoms with Crippen LogP contribution in [-0.2, 0) is 14.3 Å². The fourth-order valence-electron chi connectivity index (χ4n) is 3.22. The van der Waals surface area contributed by atoms with Crippen LogP contribution < -0.4 is 4.74 Å². The summed E-state index contributed by atoms with van der Waals surface area (Å²) in [6, 6.07) is 1.80. The number of carbonyl (C=O) groups excluding carboxylic acids is 1. The molecule has 150 valence electrons. The Hall–Kier alpha value is -2.32. The van der Waals surface area contributed by atoms with E-state index in [0.29, 0.717) is 0 Å². The molecule has 0 spiro atoms. The van der Waals surface area contributed by atoms with Gasteiger partial charge in [-0.1, -0.05) is 6.92 Å². The molecular formula is C18H19F5O4. The Morgan fingerprint density at radius 2 is 1.89 bits per heavy atom. The Labute approximate surface area is 152 Å². The van der Waals surface area contributed by atoms with Gasteiger partial charge < -0.3 is 14.2 Å². The highest BCUT2D eigenvalue weighted by molar-refractivity contribution is 5.98. The number of esters is 1. The third-order valence-electron chi connectivity index (χ3n) is 4.55. The minimum Gasteiger partial charge on any atom is -0.493 e. The molecule has 27 heavy (non-hydrogen) atoms. The Balaban J connectivity index is 2.79. The lowest BCUT2D eigenvalue weighted by atomic mass is 9.79. The van der Waals surface area contributed by atoms with Gasteiger partial charge in [-0.25, -0.2) is 9.18 Å². The molecule has 1 aromatic rings. The summed E-state index contributed by atoms with van der Waals surface area (Å²) in [5.74, 6) is -6.39. The highest BCUT2D eigenvalue weighted by atomic mass is 19.4. The first-order valence-electron chi connectivity index (χ1n) is 8.22. The SMILES string of the molecule is CCOC(=O)C1=C(c2ccc(F)c(F)c2OC)[C@H](CC)[C@](C)(C(F)(F)F)O1. The molecule has 0 saturated heterocycles. The minimum absolute atomic E-state index is 0.0869. The lowest BCUT2D eigenvalue weighted by molar-refractivity contribution is -0.264. The molecule has 0 aliphatic carbocycles. The lowest BCUT2D eigenvalue weighted by Crippen LogP contribution is -2.48. The maximum Gasteiger partial charge on any atom is 0.428 e. The predicted octanol–water partition coefficient (Wildman–Crippen LogP) is 4.63. The molecule has 9 heteroatoms. The first kappa shape index (κ1) is 21.0. The van der Waals surface area contributed by atoms with E-state index in [4.69, 9.17) is 14.2 Å². The molecule has 1 aliphatic rings. The number of carbonyl (C=O) groups is 1. The quantitative estimate of drug-likeness (QED) is 0.540. The average Bonchev–Trinajstić information content (AvgIpc) is 2.91. The first-order valence-corrected chi connectivity index (χ1v) is 8.22.